The van der Waals surface area contributed by atoms with Gasteiger partial charge in [-0.05, 0) is 54.5 Å². The highest BCUT2D eigenvalue weighted by molar-refractivity contribution is 5.99. The lowest BCUT2D eigenvalue weighted by Crippen LogP contribution is -2.58. The molecule has 3 aliphatic rings. The minimum Gasteiger partial charge on any atom is -0.508 e. The Morgan fingerprint density at radius 3 is 2.25 bits per heavy atom. The fourth-order valence-corrected chi connectivity index (χ4v) is 7.97. The first-order valence-corrected chi connectivity index (χ1v) is 20.6. The van der Waals surface area contributed by atoms with Gasteiger partial charge in [0.25, 0.3) is 5.91 Å². The number of amides is 8. The number of fused-ring (bicyclic) bond motifs is 5. The van der Waals surface area contributed by atoms with Crippen LogP contribution in [0.2, 0.25) is 0 Å². The number of hydrogen-bond acceptors (Lipinski definition) is 11. The molecule has 10 N–H and O–H groups in total. The van der Waals surface area contributed by atoms with E-state index in [4.69, 9.17) is 0 Å². The van der Waals surface area contributed by atoms with Crippen molar-refractivity contribution in [3.8, 4) is 5.75 Å². The summed E-state index contributed by atoms with van der Waals surface area (Å²) in [5, 5.41) is 48.3. The summed E-state index contributed by atoms with van der Waals surface area (Å²) >= 11 is 0. The Morgan fingerprint density at radius 2 is 1.59 bits per heavy atom. The third kappa shape index (κ3) is 10.7. The van der Waals surface area contributed by atoms with Crippen molar-refractivity contribution in [1.29, 1.82) is 0 Å². The SMILES string of the molecule is CC(C)[C@@H]1NC(=O)[C@H](NC(=O)[C@H](Cc2ccc(O)cc2)NC(=O)[C@@H]2CCCN2C(=O)[C@H]2CCC(=O)N2)n2cc(c3ccccc32)C[C@@H](C(=O)O)NC(=O)[C@H](CO)NC(=O)CNC1=O. The molecule has 2 fully saturated rings. The Kier molecular flexibility index (Phi) is 14.3. The van der Waals surface area contributed by atoms with Crippen LogP contribution in [0.25, 0.3) is 10.9 Å². The molecule has 336 valence electrons. The van der Waals surface area contributed by atoms with Crippen LogP contribution in [0.3, 0.4) is 0 Å². The fourth-order valence-electron chi connectivity index (χ4n) is 7.97. The van der Waals surface area contributed by atoms with E-state index in [0.29, 0.717) is 28.5 Å². The summed E-state index contributed by atoms with van der Waals surface area (Å²) in [6.07, 6.45) is 0.415. The van der Waals surface area contributed by atoms with Crippen molar-refractivity contribution in [1.82, 2.24) is 46.7 Å². The van der Waals surface area contributed by atoms with Gasteiger partial charge in [0.2, 0.25) is 41.4 Å². The number of aromatic nitrogens is 1. The van der Waals surface area contributed by atoms with Gasteiger partial charge in [-0.1, -0.05) is 44.2 Å². The lowest BCUT2D eigenvalue weighted by molar-refractivity contribution is -0.142. The standard InChI is InChI=1S/C42H51N9O12/c1-21(2)34-39(59)43-18-33(55)45-29(20-52)37(57)47-28(42(62)63)17-23-19-51(30-7-4-3-6-25(23)30)35(40(60)48-34)49-36(56)27(16-22-9-11-24(53)12-10-22)46-38(58)31-8-5-15-50(31)41(61)26-13-14-32(54)44-26/h3-4,6-7,9-12,19,21,26-29,31,34-35,52-53H,5,8,13-18,20H2,1-2H3,(H,43,59)(H,44,54)(H,45,55)(H,46,58)(H,47,57)(H,48,60)(H,49,56)(H,62,63)/t26-,27+,28+,29+,31+,34+,35-/m1/s1. The van der Waals surface area contributed by atoms with E-state index < -0.39 is 109 Å². The van der Waals surface area contributed by atoms with Crippen LogP contribution in [-0.4, -0.2) is 134 Å². The first-order valence-electron chi connectivity index (χ1n) is 20.6. The fraction of sp³-hybridized carbons (Fsp3) is 0.452. The summed E-state index contributed by atoms with van der Waals surface area (Å²) in [5.74, 6) is -7.98. The molecule has 2 bridgehead atoms. The molecule has 8 amide bonds. The number of hydrogen-bond donors (Lipinski definition) is 10. The van der Waals surface area contributed by atoms with Crippen molar-refractivity contribution in [2.24, 2.45) is 5.92 Å². The van der Waals surface area contributed by atoms with E-state index in [1.165, 1.54) is 39.9 Å². The lowest BCUT2D eigenvalue weighted by atomic mass is 10.0. The van der Waals surface area contributed by atoms with Crippen LogP contribution in [0.4, 0.5) is 0 Å². The maximum absolute atomic E-state index is 14.7. The molecule has 1 aromatic heterocycles. The number of carbonyl (C=O) groups excluding carboxylic acids is 8. The molecule has 0 radical (unpaired) electrons. The number of carboxylic acids is 1. The number of rotatable bonds is 10. The van der Waals surface area contributed by atoms with Gasteiger partial charge in [0.05, 0.1) is 18.7 Å². The van der Waals surface area contributed by atoms with Gasteiger partial charge in [-0.15, -0.1) is 0 Å². The number of carbonyl (C=O) groups is 9. The molecule has 3 aliphatic heterocycles. The molecule has 21 heteroatoms. The molecule has 0 unspecified atom stereocenters. The van der Waals surface area contributed by atoms with Crippen LogP contribution in [0, 0.1) is 5.92 Å². The Balaban J connectivity index is 1.39. The highest BCUT2D eigenvalue weighted by Gasteiger charge is 2.41. The molecule has 0 aliphatic carbocycles. The van der Waals surface area contributed by atoms with Gasteiger partial charge >= 0.3 is 5.97 Å². The second-order valence-corrected chi connectivity index (χ2v) is 16.1. The number of aliphatic hydroxyl groups excluding tert-OH is 1. The van der Waals surface area contributed by atoms with E-state index in [1.54, 1.807) is 38.1 Å². The van der Waals surface area contributed by atoms with Crippen molar-refractivity contribution in [3.63, 3.8) is 0 Å². The number of benzene rings is 2. The van der Waals surface area contributed by atoms with Crippen LogP contribution >= 0.6 is 0 Å². The molecule has 3 aromatic rings. The monoisotopic (exact) mass is 873 g/mol. The van der Waals surface area contributed by atoms with E-state index in [2.05, 4.69) is 37.2 Å². The molecule has 2 aromatic carbocycles. The van der Waals surface area contributed by atoms with Gasteiger partial charge in [0.15, 0.2) is 6.17 Å². The first kappa shape index (κ1) is 45.5. The van der Waals surface area contributed by atoms with Crippen LogP contribution in [0.5, 0.6) is 5.75 Å². The number of nitrogens with one attached hydrogen (secondary N) is 7. The number of phenolic OH excluding ortho intramolecular Hbond substituents is 1. The van der Waals surface area contributed by atoms with Crippen molar-refractivity contribution >= 4 is 64.1 Å². The minimum atomic E-state index is -1.68. The highest BCUT2D eigenvalue weighted by atomic mass is 16.4. The average Bonchev–Trinajstić information content (AvgIpc) is 4.01. The second-order valence-electron chi connectivity index (χ2n) is 16.1. The molecule has 21 nitrogen and oxygen atoms in total. The van der Waals surface area contributed by atoms with E-state index >= 15 is 0 Å². The Bertz CT molecular complexity index is 2280. The van der Waals surface area contributed by atoms with E-state index in [9.17, 15) is 58.5 Å². The summed E-state index contributed by atoms with van der Waals surface area (Å²) < 4.78 is 1.36. The maximum Gasteiger partial charge on any atom is 0.326 e. The van der Waals surface area contributed by atoms with Gasteiger partial charge in [0.1, 0.15) is 42.0 Å². The molecular weight excluding hydrogens is 823 g/mol. The highest BCUT2D eigenvalue weighted by Crippen LogP contribution is 2.27. The van der Waals surface area contributed by atoms with Crippen molar-refractivity contribution < 1.29 is 58.5 Å². The van der Waals surface area contributed by atoms with Crippen LogP contribution in [-0.2, 0) is 56.0 Å². The van der Waals surface area contributed by atoms with E-state index in [-0.39, 0.29) is 50.3 Å². The number of aromatic hydroxyl groups is 1. The topological polar surface area (TPSA) is 307 Å². The molecule has 0 spiro atoms. The number of phenols is 1. The smallest absolute Gasteiger partial charge is 0.326 e. The summed E-state index contributed by atoms with van der Waals surface area (Å²) in [4.78, 5) is 122. The van der Waals surface area contributed by atoms with Crippen molar-refractivity contribution in [2.45, 2.75) is 94.8 Å². The van der Waals surface area contributed by atoms with Gasteiger partial charge in [0, 0.05) is 37.4 Å². The zero-order chi connectivity index (χ0) is 45.5. The lowest BCUT2D eigenvalue weighted by Gasteiger charge is -2.30. The zero-order valence-corrected chi connectivity index (χ0v) is 34.6. The number of aliphatic hydroxyl groups is 1. The second kappa shape index (κ2) is 19.8. The normalized spacial score (nSPS) is 24.1. The quantitative estimate of drug-likeness (QED) is 0.104. The maximum atomic E-state index is 14.7. The zero-order valence-electron chi connectivity index (χ0n) is 34.6. The minimum absolute atomic E-state index is 0.0566. The summed E-state index contributed by atoms with van der Waals surface area (Å²) in [7, 11) is 0. The number of aliphatic carboxylic acids is 1. The van der Waals surface area contributed by atoms with Gasteiger partial charge in [-0.3, -0.25) is 38.4 Å². The molecule has 63 heavy (non-hydrogen) atoms. The predicted octanol–water partition coefficient (Wildman–Crippen LogP) is -2.18. The number of carboxylic acid groups (broad SMARTS) is 1. The first-order chi connectivity index (χ1) is 30.0. The van der Waals surface area contributed by atoms with Gasteiger partial charge in [-0.2, -0.15) is 0 Å². The summed E-state index contributed by atoms with van der Waals surface area (Å²) in [6, 6.07) is 4.74. The Morgan fingerprint density at radius 1 is 0.857 bits per heavy atom. The molecular formula is C42H51N9O12. The third-order valence-electron chi connectivity index (χ3n) is 11.3. The number of para-hydroxylation sites is 1. The Labute approximate surface area is 360 Å². The van der Waals surface area contributed by atoms with Crippen LogP contribution in [0.1, 0.15) is 56.8 Å². The molecule has 2 saturated heterocycles. The van der Waals surface area contributed by atoms with Crippen molar-refractivity contribution in [2.75, 3.05) is 19.7 Å². The van der Waals surface area contributed by atoms with E-state index in [1.807, 2.05) is 0 Å². The van der Waals surface area contributed by atoms with Gasteiger partial charge < -0.3 is 62.0 Å². The number of likely N-dealkylation sites (tertiary alicyclic amines) is 1. The molecule has 0 saturated carbocycles. The van der Waals surface area contributed by atoms with E-state index in [0.717, 1.165) is 0 Å². The van der Waals surface area contributed by atoms with Crippen molar-refractivity contribution in [3.05, 3.63) is 65.9 Å². The van der Waals surface area contributed by atoms with Crippen LogP contribution in [0.15, 0.2) is 54.7 Å². The average molecular weight is 874 g/mol. The Hall–Kier alpha value is -7.03. The molecule has 7 atom stereocenters. The number of nitrogens with zero attached hydrogens (tertiary/aromatic N) is 2. The predicted molar refractivity (Wildman–Crippen MR) is 221 cm³/mol. The van der Waals surface area contributed by atoms with Gasteiger partial charge in [-0.25, -0.2) is 4.79 Å². The summed E-state index contributed by atoms with van der Waals surface area (Å²) in [5.41, 5.74) is 1.13. The summed E-state index contributed by atoms with van der Waals surface area (Å²) in [6.45, 7) is 1.92. The third-order valence-corrected chi connectivity index (χ3v) is 11.3. The molecule has 4 heterocycles. The largest absolute Gasteiger partial charge is 0.508 e. The van der Waals surface area contributed by atoms with Crippen LogP contribution < -0.4 is 37.2 Å². The molecule has 6 rings (SSSR count).